The third-order valence-electron chi connectivity index (χ3n) is 4.23. The second-order valence-corrected chi connectivity index (χ2v) is 10.4. The van der Waals surface area contributed by atoms with Gasteiger partial charge >= 0.3 is 0 Å². The van der Waals surface area contributed by atoms with Crippen LogP contribution in [0.2, 0.25) is 18.1 Å². The lowest BCUT2D eigenvalue weighted by molar-refractivity contribution is 0.258. The van der Waals surface area contributed by atoms with E-state index in [0.717, 1.165) is 12.0 Å². The molecule has 0 aliphatic carbocycles. The van der Waals surface area contributed by atoms with Gasteiger partial charge in [-0.05, 0) is 25.2 Å². The third-order valence-corrected chi connectivity index (χ3v) is 9.51. The normalized spacial score (nSPS) is 33.7. The first-order valence-electron chi connectivity index (χ1n) is 5.83. The monoisotopic (exact) mass is 197 g/mol. The van der Waals surface area contributed by atoms with Gasteiger partial charge in [0.2, 0.25) is 0 Å². The van der Waals surface area contributed by atoms with Gasteiger partial charge in [0.15, 0.2) is 0 Å². The minimum absolute atomic E-state index is 0.732. The van der Waals surface area contributed by atoms with E-state index >= 15 is 0 Å². The van der Waals surface area contributed by atoms with Crippen molar-refractivity contribution in [2.45, 2.75) is 50.9 Å². The summed E-state index contributed by atoms with van der Waals surface area (Å²) in [5.74, 6) is 0.873. The van der Waals surface area contributed by atoms with Gasteiger partial charge in [0.1, 0.15) is 0 Å². The van der Waals surface area contributed by atoms with Crippen molar-refractivity contribution >= 4 is 8.07 Å². The predicted molar refractivity (Wildman–Crippen MR) is 60.7 cm³/mol. The van der Waals surface area contributed by atoms with Gasteiger partial charge in [-0.2, -0.15) is 0 Å². The van der Waals surface area contributed by atoms with E-state index in [2.05, 4.69) is 25.8 Å². The Labute approximate surface area is 83.5 Å². The van der Waals surface area contributed by atoms with E-state index in [-0.39, 0.29) is 0 Å². The van der Waals surface area contributed by atoms with Gasteiger partial charge in [-0.15, -0.1) is 0 Å². The van der Waals surface area contributed by atoms with E-state index in [1.807, 2.05) is 0 Å². The van der Waals surface area contributed by atoms with Gasteiger partial charge in [-0.25, -0.2) is 0 Å². The molecule has 1 spiro atoms. The van der Waals surface area contributed by atoms with Crippen LogP contribution in [0.4, 0.5) is 0 Å². The quantitative estimate of drug-likeness (QED) is 0.584. The van der Waals surface area contributed by atoms with E-state index < -0.39 is 8.07 Å². The summed E-state index contributed by atoms with van der Waals surface area (Å²) in [5, 5.41) is 0. The van der Waals surface area contributed by atoms with Crippen molar-refractivity contribution in [2.75, 3.05) is 13.2 Å². The number of nitrogens with zero attached hydrogens (tertiary/aromatic N) is 1. The highest BCUT2D eigenvalue weighted by molar-refractivity contribution is 6.81. The molecule has 0 radical (unpaired) electrons. The lowest BCUT2D eigenvalue weighted by atomic mass is 10.1. The molecule has 2 heteroatoms. The second-order valence-electron chi connectivity index (χ2n) is 5.64. The maximum atomic E-state index is 2.67. The molecule has 0 bridgehead atoms. The molecular formula is C11H23NSi. The fourth-order valence-corrected chi connectivity index (χ4v) is 9.61. The van der Waals surface area contributed by atoms with Crippen molar-refractivity contribution in [1.82, 2.24) is 4.90 Å². The highest BCUT2D eigenvalue weighted by atomic mass is 28.3. The maximum Gasteiger partial charge on any atom is 0.0706 e. The molecule has 2 aliphatic rings. The van der Waals surface area contributed by atoms with E-state index in [9.17, 15) is 0 Å². The first kappa shape index (κ1) is 9.72. The van der Waals surface area contributed by atoms with Gasteiger partial charge in [0.05, 0.1) is 8.07 Å². The third kappa shape index (κ3) is 1.71. The van der Waals surface area contributed by atoms with E-state index in [0.29, 0.717) is 0 Å². The average molecular weight is 197 g/mol. The van der Waals surface area contributed by atoms with Gasteiger partial charge in [0.25, 0.3) is 0 Å². The summed E-state index contributed by atoms with van der Waals surface area (Å²) in [6, 6.07) is 5.81. The minimum atomic E-state index is -0.732. The summed E-state index contributed by atoms with van der Waals surface area (Å²) in [4.78, 5) is 2.67. The van der Waals surface area contributed by atoms with Crippen molar-refractivity contribution in [1.29, 1.82) is 0 Å². The smallest absolute Gasteiger partial charge is 0.0706 e. The molecule has 0 unspecified atom stereocenters. The fourth-order valence-electron chi connectivity index (χ4n) is 3.54. The van der Waals surface area contributed by atoms with Crippen LogP contribution in [0.5, 0.6) is 0 Å². The number of hydrogen-bond donors (Lipinski definition) is 0. The molecule has 0 saturated carbocycles. The molecule has 2 heterocycles. The van der Waals surface area contributed by atoms with Crippen LogP contribution < -0.4 is 0 Å². The van der Waals surface area contributed by atoms with Gasteiger partial charge in [-0.3, -0.25) is 0 Å². The first-order valence-corrected chi connectivity index (χ1v) is 8.66. The summed E-state index contributed by atoms with van der Waals surface area (Å²) < 4.78 is 0. The zero-order valence-corrected chi connectivity index (χ0v) is 10.3. The Hall–Kier alpha value is 0.177. The molecule has 1 nitrogen and oxygen atoms in total. The highest BCUT2D eigenvalue weighted by Crippen LogP contribution is 2.41. The van der Waals surface area contributed by atoms with E-state index in [1.165, 1.54) is 6.17 Å². The van der Waals surface area contributed by atoms with E-state index in [1.54, 1.807) is 31.0 Å². The van der Waals surface area contributed by atoms with Crippen LogP contribution >= 0.6 is 0 Å². The van der Waals surface area contributed by atoms with Crippen molar-refractivity contribution in [2.24, 2.45) is 5.92 Å². The number of rotatable bonds is 1. The van der Waals surface area contributed by atoms with Crippen molar-refractivity contribution < 1.29 is 0 Å². The Morgan fingerprint density at radius 2 is 1.85 bits per heavy atom. The highest BCUT2D eigenvalue weighted by Gasteiger charge is 2.46. The Bertz CT molecular complexity index is 185. The van der Waals surface area contributed by atoms with Crippen LogP contribution in [0.1, 0.15) is 26.7 Å². The summed E-state index contributed by atoms with van der Waals surface area (Å²) in [5.41, 5.74) is 0. The Balaban J connectivity index is 2.05. The van der Waals surface area contributed by atoms with Gasteiger partial charge < -0.3 is 4.90 Å². The standard InChI is InChI=1S/C11H23NSi/c1-10(2)11-8-13(9-12(11)3)6-4-5-7-13/h10-11H,4-9H2,1-3H3/t11-/m1/s1. The van der Waals surface area contributed by atoms with Crippen molar-refractivity contribution in [3.8, 4) is 0 Å². The summed E-state index contributed by atoms with van der Waals surface area (Å²) >= 11 is 0. The molecule has 0 N–H and O–H groups in total. The largest absolute Gasteiger partial charge is 0.306 e. The SMILES string of the molecule is CC(C)[C@H]1C[Si]2(CCCC2)CN1C. The average Bonchev–Trinajstić information content (AvgIpc) is 2.60. The summed E-state index contributed by atoms with van der Waals surface area (Å²) in [6.07, 6.45) is 4.60. The maximum absolute atomic E-state index is 2.67. The van der Waals surface area contributed by atoms with Crippen LogP contribution in [-0.4, -0.2) is 32.2 Å². The van der Waals surface area contributed by atoms with E-state index in [4.69, 9.17) is 0 Å². The molecule has 2 aliphatic heterocycles. The van der Waals surface area contributed by atoms with Crippen LogP contribution in [0.3, 0.4) is 0 Å². The molecule has 0 aromatic rings. The Morgan fingerprint density at radius 1 is 1.23 bits per heavy atom. The molecule has 2 rings (SSSR count). The molecule has 2 fully saturated rings. The van der Waals surface area contributed by atoms with Crippen LogP contribution in [0.25, 0.3) is 0 Å². The van der Waals surface area contributed by atoms with Crippen molar-refractivity contribution in [3.63, 3.8) is 0 Å². The summed E-state index contributed by atoms with van der Waals surface area (Å²) in [6.45, 7) is 4.78. The van der Waals surface area contributed by atoms with Gasteiger partial charge in [-0.1, -0.05) is 38.8 Å². The topological polar surface area (TPSA) is 3.24 Å². The first-order chi connectivity index (χ1) is 6.13. The number of hydrogen-bond acceptors (Lipinski definition) is 1. The fraction of sp³-hybridized carbons (Fsp3) is 1.00. The lowest BCUT2D eigenvalue weighted by Crippen LogP contribution is -2.34. The predicted octanol–water partition coefficient (Wildman–Crippen LogP) is 2.74. The molecule has 0 aromatic heterocycles. The van der Waals surface area contributed by atoms with Crippen LogP contribution in [0, 0.1) is 5.92 Å². The van der Waals surface area contributed by atoms with Gasteiger partial charge in [0, 0.05) is 6.04 Å². The lowest BCUT2D eigenvalue weighted by Gasteiger charge is -2.22. The molecule has 0 aromatic carbocycles. The zero-order chi connectivity index (χ0) is 9.47. The molecule has 13 heavy (non-hydrogen) atoms. The summed E-state index contributed by atoms with van der Waals surface area (Å²) in [7, 11) is 1.62. The molecule has 2 saturated heterocycles. The Morgan fingerprint density at radius 3 is 2.31 bits per heavy atom. The van der Waals surface area contributed by atoms with Crippen LogP contribution in [0.15, 0.2) is 0 Å². The molecule has 1 atom stereocenters. The van der Waals surface area contributed by atoms with Crippen LogP contribution in [-0.2, 0) is 0 Å². The second kappa shape index (κ2) is 3.39. The minimum Gasteiger partial charge on any atom is -0.306 e. The molecule has 76 valence electrons. The molecule has 0 amide bonds. The zero-order valence-electron chi connectivity index (χ0n) is 9.34. The van der Waals surface area contributed by atoms with Crippen molar-refractivity contribution in [3.05, 3.63) is 0 Å². The molecular weight excluding hydrogens is 174 g/mol. The Kier molecular flexibility index (Phi) is 2.54.